The quantitative estimate of drug-likeness (QED) is 0.470. The molecule has 0 spiro atoms. The number of carbonyl (C=O) groups excluding carboxylic acids is 1. The van der Waals surface area contributed by atoms with Crippen molar-refractivity contribution in [2.75, 3.05) is 7.11 Å². The molecule has 0 saturated carbocycles. The molecule has 2 aromatic heterocycles. The summed E-state index contributed by atoms with van der Waals surface area (Å²) >= 11 is 0. The molecule has 0 aliphatic carbocycles. The first-order valence-electron chi connectivity index (χ1n) is 10.1. The summed E-state index contributed by atoms with van der Waals surface area (Å²) < 4.78 is 19.4. The number of amides is 1. The Hall–Kier alpha value is -4.40. The molecule has 1 N–H and O–H groups in total. The third-order valence-electron chi connectivity index (χ3n) is 4.91. The number of halogens is 1. The fraction of sp³-hybridized carbons (Fsp3) is 0.125. The average molecular weight is 445 g/mol. The lowest BCUT2D eigenvalue weighted by Crippen LogP contribution is -2.32. The molecule has 9 heteroatoms. The first-order chi connectivity index (χ1) is 16.0. The molecular formula is C24H20FN5O3. The number of carbonyl (C=O) groups is 1. The number of ether oxygens (including phenoxy) is 1. The largest absolute Gasteiger partial charge is 0.497 e. The van der Waals surface area contributed by atoms with Crippen molar-refractivity contribution < 1.29 is 13.9 Å². The maximum atomic E-state index is 13.1. The van der Waals surface area contributed by atoms with E-state index in [1.807, 2.05) is 24.3 Å². The third kappa shape index (κ3) is 5.45. The number of hydrogen-bond donors (Lipinski definition) is 1. The van der Waals surface area contributed by atoms with Crippen LogP contribution in [0.3, 0.4) is 0 Å². The van der Waals surface area contributed by atoms with E-state index >= 15 is 0 Å². The molecule has 0 aliphatic heterocycles. The van der Waals surface area contributed by atoms with Crippen molar-refractivity contribution in [3.8, 4) is 28.3 Å². The van der Waals surface area contributed by atoms with Crippen molar-refractivity contribution >= 4 is 5.91 Å². The highest BCUT2D eigenvalue weighted by atomic mass is 19.1. The molecule has 0 saturated heterocycles. The van der Waals surface area contributed by atoms with Crippen molar-refractivity contribution in [3.05, 3.63) is 95.2 Å². The summed E-state index contributed by atoms with van der Waals surface area (Å²) in [5.41, 5.74) is 2.87. The number of aromatic nitrogens is 4. The van der Waals surface area contributed by atoms with E-state index in [-0.39, 0.29) is 30.4 Å². The molecule has 0 fully saturated rings. The zero-order chi connectivity index (χ0) is 23.2. The van der Waals surface area contributed by atoms with Crippen LogP contribution in [0.1, 0.15) is 5.69 Å². The zero-order valence-corrected chi connectivity index (χ0v) is 17.7. The number of nitrogens with one attached hydrogen (secondary N) is 1. The lowest BCUT2D eigenvalue weighted by molar-refractivity contribution is -0.121. The molecule has 0 unspecified atom stereocenters. The highest BCUT2D eigenvalue weighted by Crippen LogP contribution is 2.20. The van der Waals surface area contributed by atoms with E-state index in [1.54, 1.807) is 13.2 Å². The van der Waals surface area contributed by atoms with Gasteiger partial charge in [-0.2, -0.15) is 0 Å². The first kappa shape index (κ1) is 21.8. The van der Waals surface area contributed by atoms with Crippen LogP contribution in [-0.4, -0.2) is 32.5 Å². The Labute approximate surface area is 188 Å². The predicted octanol–water partition coefficient (Wildman–Crippen LogP) is 2.83. The highest BCUT2D eigenvalue weighted by Gasteiger charge is 2.09. The maximum Gasteiger partial charge on any atom is 0.254 e. The van der Waals surface area contributed by atoms with Gasteiger partial charge in [0.05, 0.1) is 37.1 Å². The molecule has 1 amide bonds. The minimum absolute atomic E-state index is 0.181. The Morgan fingerprint density at radius 3 is 2.30 bits per heavy atom. The SMILES string of the molecule is COc1ccc(-c2cc(CNC(=O)Cn3cnc(-c4ccc(F)cc4)cc3=O)ncn2)cc1. The van der Waals surface area contributed by atoms with Gasteiger partial charge in [-0.1, -0.05) is 0 Å². The van der Waals surface area contributed by atoms with Crippen LogP contribution in [-0.2, 0) is 17.9 Å². The number of nitrogens with zero attached hydrogens (tertiary/aromatic N) is 4. The molecule has 0 bridgehead atoms. The van der Waals surface area contributed by atoms with Crippen molar-refractivity contribution in [2.24, 2.45) is 0 Å². The minimum Gasteiger partial charge on any atom is -0.497 e. The Balaban J connectivity index is 1.38. The average Bonchev–Trinajstić information content (AvgIpc) is 2.85. The molecule has 0 radical (unpaired) electrons. The Morgan fingerprint density at radius 1 is 0.970 bits per heavy atom. The van der Waals surface area contributed by atoms with Crippen molar-refractivity contribution in [2.45, 2.75) is 13.1 Å². The molecule has 33 heavy (non-hydrogen) atoms. The van der Waals surface area contributed by atoms with Gasteiger partial charge >= 0.3 is 0 Å². The summed E-state index contributed by atoms with van der Waals surface area (Å²) in [6.07, 6.45) is 2.73. The van der Waals surface area contributed by atoms with E-state index in [0.29, 0.717) is 22.6 Å². The molecule has 0 aliphatic rings. The second-order valence-corrected chi connectivity index (χ2v) is 7.15. The van der Waals surface area contributed by atoms with Crippen molar-refractivity contribution in [3.63, 3.8) is 0 Å². The minimum atomic E-state index is -0.386. The summed E-state index contributed by atoms with van der Waals surface area (Å²) in [4.78, 5) is 37.4. The molecule has 4 aromatic rings. The van der Waals surface area contributed by atoms with Crippen LogP contribution in [0.15, 0.2) is 78.1 Å². The summed E-state index contributed by atoms with van der Waals surface area (Å²) in [6, 6.07) is 16.2. The lowest BCUT2D eigenvalue weighted by Gasteiger charge is -2.09. The highest BCUT2D eigenvalue weighted by molar-refractivity contribution is 5.75. The van der Waals surface area contributed by atoms with Crippen LogP contribution in [0.5, 0.6) is 5.75 Å². The summed E-state index contributed by atoms with van der Waals surface area (Å²) in [5, 5.41) is 2.75. The lowest BCUT2D eigenvalue weighted by atomic mass is 10.1. The monoisotopic (exact) mass is 445 g/mol. The summed E-state index contributed by atoms with van der Waals surface area (Å²) in [6.45, 7) is -0.00764. The molecular weight excluding hydrogens is 425 g/mol. The fourth-order valence-electron chi connectivity index (χ4n) is 3.14. The van der Waals surface area contributed by atoms with Gasteiger partial charge in [-0.25, -0.2) is 19.3 Å². The number of methoxy groups -OCH3 is 1. The molecule has 2 aromatic carbocycles. The van der Waals surface area contributed by atoms with Gasteiger partial charge in [-0.05, 0) is 54.6 Å². The van der Waals surface area contributed by atoms with Gasteiger partial charge in [-0.3, -0.25) is 14.2 Å². The topological polar surface area (TPSA) is 99.0 Å². The van der Waals surface area contributed by atoms with Crippen LogP contribution in [0.2, 0.25) is 0 Å². The van der Waals surface area contributed by atoms with Gasteiger partial charge in [0.1, 0.15) is 24.4 Å². The standard InChI is InChI=1S/C24H20FN5O3/c1-33-20-8-4-17(5-9-20)21-10-19(27-14-28-21)12-26-23(31)13-30-15-29-22(11-24(30)32)16-2-6-18(25)7-3-16/h2-11,14-15H,12-13H2,1H3,(H,26,31). The van der Waals surface area contributed by atoms with Gasteiger partial charge in [-0.15, -0.1) is 0 Å². The summed E-state index contributed by atoms with van der Waals surface area (Å²) in [5.74, 6) is 0.0114. The van der Waals surface area contributed by atoms with Gasteiger partial charge in [0.25, 0.3) is 5.56 Å². The predicted molar refractivity (Wildman–Crippen MR) is 120 cm³/mol. The smallest absolute Gasteiger partial charge is 0.254 e. The van der Waals surface area contributed by atoms with Crippen LogP contribution >= 0.6 is 0 Å². The van der Waals surface area contributed by atoms with E-state index in [4.69, 9.17) is 4.74 Å². The van der Waals surface area contributed by atoms with Gasteiger partial charge in [0, 0.05) is 17.2 Å². The van der Waals surface area contributed by atoms with Crippen LogP contribution in [0.25, 0.3) is 22.5 Å². The van der Waals surface area contributed by atoms with Gasteiger partial charge in [0.2, 0.25) is 5.91 Å². The van der Waals surface area contributed by atoms with Crippen LogP contribution in [0.4, 0.5) is 4.39 Å². The first-order valence-corrected chi connectivity index (χ1v) is 10.1. The van der Waals surface area contributed by atoms with Crippen LogP contribution in [0, 0.1) is 5.82 Å². The fourth-order valence-corrected chi connectivity index (χ4v) is 3.14. The second-order valence-electron chi connectivity index (χ2n) is 7.15. The normalized spacial score (nSPS) is 10.6. The maximum absolute atomic E-state index is 13.1. The number of rotatable bonds is 7. The van der Waals surface area contributed by atoms with Crippen molar-refractivity contribution in [1.29, 1.82) is 0 Å². The Kier molecular flexibility index (Phi) is 6.49. The van der Waals surface area contributed by atoms with E-state index in [1.165, 1.54) is 47.6 Å². The molecule has 4 rings (SSSR count). The van der Waals surface area contributed by atoms with E-state index in [9.17, 15) is 14.0 Å². The Bertz CT molecular complexity index is 1320. The summed E-state index contributed by atoms with van der Waals surface area (Å²) in [7, 11) is 1.60. The van der Waals surface area contributed by atoms with Crippen LogP contribution < -0.4 is 15.6 Å². The van der Waals surface area contributed by atoms with E-state index in [2.05, 4.69) is 20.3 Å². The Morgan fingerprint density at radius 2 is 1.64 bits per heavy atom. The van der Waals surface area contributed by atoms with E-state index < -0.39 is 0 Å². The molecule has 0 atom stereocenters. The molecule has 166 valence electrons. The molecule has 2 heterocycles. The van der Waals surface area contributed by atoms with Gasteiger partial charge < -0.3 is 10.1 Å². The van der Waals surface area contributed by atoms with Crippen molar-refractivity contribution in [1.82, 2.24) is 24.8 Å². The number of hydrogen-bond acceptors (Lipinski definition) is 6. The van der Waals surface area contributed by atoms with Gasteiger partial charge in [0.15, 0.2) is 0 Å². The second kappa shape index (κ2) is 9.82. The number of benzene rings is 2. The molecule has 8 nitrogen and oxygen atoms in total. The van der Waals surface area contributed by atoms with E-state index in [0.717, 1.165) is 11.3 Å². The zero-order valence-electron chi connectivity index (χ0n) is 17.7. The third-order valence-corrected chi connectivity index (χ3v) is 4.91.